The zero-order chi connectivity index (χ0) is 26.0. The second-order valence-corrected chi connectivity index (χ2v) is 8.59. The van der Waals surface area contributed by atoms with Gasteiger partial charge in [-0.1, -0.05) is 28.1 Å². The molecule has 0 unspecified atom stereocenters. The lowest BCUT2D eigenvalue weighted by molar-refractivity contribution is -0.384. The monoisotopic (exact) mass is 549 g/mol. The van der Waals surface area contributed by atoms with Crippen LogP contribution in [0.3, 0.4) is 0 Å². The number of halogens is 1. The fourth-order valence-corrected chi connectivity index (χ4v) is 3.80. The highest BCUT2D eigenvalue weighted by Gasteiger charge is 2.37. The standard InChI is InChI=1S/C25H16BrN3O7/c1-14-3-2-4-19(11-14)28-23(31)20(22(30)27-25(28)33)13-16-12-17(26)7-10-21(16)36-24(32)15-5-8-18(9-6-15)29(34)35/h2-13H,1H3,(H,27,30,33)/b20-13-. The summed E-state index contributed by atoms with van der Waals surface area (Å²) in [6.45, 7) is 1.80. The molecule has 3 aromatic rings. The number of hydrogen-bond donors (Lipinski definition) is 1. The van der Waals surface area contributed by atoms with E-state index in [2.05, 4.69) is 21.2 Å². The molecule has 1 saturated heterocycles. The van der Waals surface area contributed by atoms with Gasteiger partial charge in [-0.2, -0.15) is 0 Å². The SMILES string of the molecule is Cc1cccc(N2C(=O)NC(=O)/C(=C/c3cc(Br)ccc3OC(=O)c3ccc([N+](=O)[O-])cc3)C2=O)c1. The van der Waals surface area contributed by atoms with Crippen LogP contribution in [0, 0.1) is 17.0 Å². The number of aryl methyl sites for hydroxylation is 1. The summed E-state index contributed by atoms with van der Waals surface area (Å²) in [4.78, 5) is 61.9. The lowest BCUT2D eigenvalue weighted by Crippen LogP contribution is -2.54. The number of carbonyl (C=O) groups excluding carboxylic acids is 4. The van der Waals surface area contributed by atoms with Gasteiger partial charge in [-0.05, 0) is 61.0 Å². The maximum absolute atomic E-state index is 13.2. The number of anilines is 1. The average Bonchev–Trinajstić information content (AvgIpc) is 2.83. The summed E-state index contributed by atoms with van der Waals surface area (Å²) < 4.78 is 6.02. The number of nitro groups is 1. The third kappa shape index (κ3) is 5.05. The summed E-state index contributed by atoms with van der Waals surface area (Å²) in [6.07, 6.45) is 1.22. The van der Waals surface area contributed by atoms with Crippen LogP contribution in [-0.2, 0) is 9.59 Å². The Kier molecular flexibility index (Phi) is 6.75. The Morgan fingerprint density at radius 3 is 2.44 bits per heavy atom. The van der Waals surface area contributed by atoms with Crippen molar-refractivity contribution in [2.75, 3.05) is 4.90 Å². The number of urea groups is 1. The van der Waals surface area contributed by atoms with Crippen LogP contribution in [0.1, 0.15) is 21.5 Å². The molecule has 0 aliphatic carbocycles. The maximum atomic E-state index is 13.2. The molecule has 0 spiro atoms. The largest absolute Gasteiger partial charge is 0.422 e. The summed E-state index contributed by atoms with van der Waals surface area (Å²) in [7, 11) is 0. The molecule has 4 amide bonds. The number of non-ortho nitro benzene ring substituents is 1. The topological polar surface area (TPSA) is 136 Å². The van der Waals surface area contributed by atoms with Crippen molar-refractivity contribution in [2.45, 2.75) is 6.92 Å². The minimum Gasteiger partial charge on any atom is -0.422 e. The number of nitrogens with one attached hydrogen (secondary N) is 1. The van der Waals surface area contributed by atoms with Crippen molar-refractivity contribution in [2.24, 2.45) is 0 Å². The first-order chi connectivity index (χ1) is 17.1. The molecule has 0 aromatic heterocycles. The van der Waals surface area contributed by atoms with E-state index in [9.17, 15) is 29.3 Å². The summed E-state index contributed by atoms with van der Waals surface area (Å²) in [5.74, 6) is -2.53. The molecule has 1 aliphatic heterocycles. The number of ether oxygens (including phenoxy) is 1. The van der Waals surface area contributed by atoms with E-state index in [0.29, 0.717) is 4.47 Å². The molecule has 1 N–H and O–H groups in total. The van der Waals surface area contributed by atoms with Gasteiger partial charge in [0.05, 0.1) is 16.2 Å². The van der Waals surface area contributed by atoms with E-state index < -0.39 is 28.7 Å². The summed E-state index contributed by atoms with van der Waals surface area (Å²) in [5.41, 5.74) is 0.830. The molecular formula is C25H16BrN3O7. The molecule has 0 saturated carbocycles. The minimum atomic E-state index is -0.901. The number of amides is 4. The predicted molar refractivity (Wildman–Crippen MR) is 132 cm³/mol. The van der Waals surface area contributed by atoms with Gasteiger partial charge in [0.2, 0.25) is 0 Å². The Morgan fingerprint density at radius 2 is 1.78 bits per heavy atom. The van der Waals surface area contributed by atoms with E-state index in [1.165, 1.54) is 42.5 Å². The van der Waals surface area contributed by atoms with Gasteiger partial charge in [0, 0.05) is 22.2 Å². The van der Waals surface area contributed by atoms with Crippen molar-refractivity contribution in [1.29, 1.82) is 0 Å². The fraction of sp³-hybridized carbons (Fsp3) is 0.0400. The van der Waals surface area contributed by atoms with E-state index >= 15 is 0 Å². The Balaban J connectivity index is 1.68. The van der Waals surface area contributed by atoms with Crippen molar-refractivity contribution in [3.8, 4) is 5.75 Å². The van der Waals surface area contributed by atoms with Crippen molar-refractivity contribution >= 4 is 57.2 Å². The molecule has 180 valence electrons. The van der Waals surface area contributed by atoms with Crippen LogP contribution in [0.25, 0.3) is 6.08 Å². The lowest BCUT2D eigenvalue weighted by atomic mass is 10.1. The lowest BCUT2D eigenvalue weighted by Gasteiger charge is -2.26. The quantitative estimate of drug-likeness (QED) is 0.123. The number of esters is 1. The number of carbonyl (C=O) groups is 4. The van der Waals surface area contributed by atoms with E-state index in [0.717, 1.165) is 10.5 Å². The molecule has 36 heavy (non-hydrogen) atoms. The number of barbiturate groups is 1. The number of hydrogen-bond acceptors (Lipinski definition) is 7. The molecule has 11 heteroatoms. The number of nitro benzene ring substituents is 1. The number of rotatable bonds is 5. The second-order valence-electron chi connectivity index (χ2n) is 7.67. The zero-order valence-corrected chi connectivity index (χ0v) is 20.1. The summed E-state index contributed by atoms with van der Waals surface area (Å²) in [6, 6.07) is 15.2. The molecule has 1 heterocycles. The Bertz CT molecular complexity index is 1460. The first kappa shape index (κ1) is 24.5. The highest BCUT2D eigenvalue weighted by Crippen LogP contribution is 2.29. The highest BCUT2D eigenvalue weighted by molar-refractivity contribution is 9.10. The molecule has 0 radical (unpaired) electrons. The van der Waals surface area contributed by atoms with Crippen LogP contribution in [0.2, 0.25) is 0 Å². The number of nitrogens with zero attached hydrogens (tertiary/aromatic N) is 2. The van der Waals surface area contributed by atoms with Crippen LogP contribution in [0.4, 0.5) is 16.2 Å². The van der Waals surface area contributed by atoms with Crippen LogP contribution in [0.5, 0.6) is 5.75 Å². The van der Waals surface area contributed by atoms with Crippen molar-refractivity contribution in [3.05, 3.63) is 104 Å². The van der Waals surface area contributed by atoms with E-state index in [4.69, 9.17) is 4.74 Å². The zero-order valence-electron chi connectivity index (χ0n) is 18.6. The van der Waals surface area contributed by atoms with Gasteiger partial charge in [-0.3, -0.25) is 25.0 Å². The highest BCUT2D eigenvalue weighted by atomic mass is 79.9. The third-order valence-corrected chi connectivity index (χ3v) is 5.64. The van der Waals surface area contributed by atoms with Gasteiger partial charge < -0.3 is 4.74 Å². The molecule has 0 bridgehead atoms. The van der Waals surface area contributed by atoms with E-state index in [-0.39, 0.29) is 33.8 Å². The predicted octanol–water partition coefficient (Wildman–Crippen LogP) is 4.55. The van der Waals surface area contributed by atoms with Gasteiger partial charge in [0.1, 0.15) is 11.3 Å². The summed E-state index contributed by atoms with van der Waals surface area (Å²) >= 11 is 3.31. The molecule has 0 atom stereocenters. The normalized spacial score (nSPS) is 14.6. The van der Waals surface area contributed by atoms with Crippen molar-refractivity contribution < 1.29 is 28.8 Å². The van der Waals surface area contributed by atoms with Crippen LogP contribution >= 0.6 is 15.9 Å². The van der Waals surface area contributed by atoms with Crippen molar-refractivity contribution in [3.63, 3.8) is 0 Å². The number of imide groups is 2. The van der Waals surface area contributed by atoms with Crippen LogP contribution in [-0.4, -0.2) is 28.7 Å². The molecular weight excluding hydrogens is 534 g/mol. The smallest absolute Gasteiger partial charge is 0.343 e. The third-order valence-electron chi connectivity index (χ3n) is 5.15. The first-order valence-corrected chi connectivity index (χ1v) is 11.2. The number of benzene rings is 3. The van der Waals surface area contributed by atoms with Gasteiger partial charge in [0.25, 0.3) is 17.5 Å². The van der Waals surface area contributed by atoms with E-state index in [1.807, 2.05) is 0 Å². The van der Waals surface area contributed by atoms with Gasteiger partial charge in [-0.25, -0.2) is 14.5 Å². The van der Waals surface area contributed by atoms with Crippen LogP contribution in [0.15, 0.2) is 76.8 Å². The van der Waals surface area contributed by atoms with Gasteiger partial charge in [-0.15, -0.1) is 0 Å². The summed E-state index contributed by atoms with van der Waals surface area (Å²) in [5, 5.41) is 13.0. The Morgan fingerprint density at radius 1 is 1.06 bits per heavy atom. The Hall–Kier alpha value is -4.64. The van der Waals surface area contributed by atoms with Crippen LogP contribution < -0.4 is 15.0 Å². The first-order valence-electron chi connectivity index (χ1n) is 10.4. The van der Waals surface area contributed by atoms with E-state index in [1.54, 1.807) is 37.3 Å². The second kappa shape index (κ2) is 9.92. The van der Waals surface area contributed by atoms with Gasteiger partial charge >= 0.3 is 12.0 Å². The molecule has 4 rings (SSSR count). The van der Waals surface area contributed by atoms with Gasteiger partial charge in [0.15, 0.2) is 0 Å². The molecule has 10 nitrogen and oxygen atoms in total. The van der Waals surface area contributed by atoms with Crippen molar-refractivity contribution in [1.82, 2.24) is 5.32 Å². The maximum Gasteiger partial charge on any atom is 0.343 e. The molecule has 1 aliphatic rings. The fourth-order valence-electron chi connectivity index (χ4n) is 3.42. The molecule has 1 fully saturated rings. The average molecular weight is 550 g/mol. The molecule has 3 aromatic carbocycles. The minimum absolute atomic E-state index is 0.0219. The Labute approximate surface area is 212 Å².